The molecule has 3 rings (SSSR count). The fourth-order valence-corrected chi connectivity index (χ4v) is 3.26. The van der Waals surface area contributed by atoms with Gasteiger partial charge in [-0.25, -0.2) is 4.98 Å². The second-order valence-electron chi connectivity index (χ2n) is 6.66. The number of methoxy groups -OCH3 is 1. The molecule has 1 aliphatic heterocycles. The van der Waals surface area contributed by atoms with Crippen LogP contribution >= 0.6 is 0 Å². The Balaban J connectivity index is 1.43. The minimum absolute atomic E-state index is 0.0794. The monoisotopic (exact) mass is 354 g/mol. The van der Waals surface area contributed by atoms with Crippen LogP contribution in [-0.4, -0.2) is 36.0 Å². The molecule has 0 saturated carbocycles. The van der Waals surface area contributed by atoms with Crippen LogP contribution < -0.4 is 15.8 Å². The average Bonchev–Trinajstić information content (AvgIpc) is 2.69. The highest BCUT2D eigenvalue weighted by atomic mass is 16.5. The minimum atomic E-state index is 0.0794. The van der Waals surface area contributed by atoms with Gasteiger partial charge in [-0.2, -0.15) is 0 Å². The molecule has 0 aliphatic carbocycles. The summed E-state index contributed by atoms with van der Waals surface area (Å²) >= 11 is 0. The molecule has 1 saturated heterocycles. The van der Waals surface area contributed by atoms with Gasteiger partial charge in [0.1, 0.15) is 11.6 Å². The molecule has 0 bridgehead atoms. The molecule has 2 aromatic rings. The van der Waals surface area contributed by atoms with Crippen LogP contribution in [0.15, 0.2) is 42.6 Å². The molecule has 6 nitrogen and oxygen atoms in total. The van der Waals surface area contributed by atoms with E-state index in [-0.39, 0.29) is 11.8 Å². The van der Waals surface area contributed by atoms with Crippen molar-refractivity contribution in [3.05, 3.63) is 53.7 Å². The molecule has 0 atom stereocenters. The molecule has 1 fully saturated rings. The van der Waals surface area contributed by atoms with E-state index in [0.717, 1.165) is 49.4 Å². The molecule has 138 valence electrons. The number of nitrogen functional groups attached to an aromatic ring is 1. The van der Waals surface area contributed by atoms with Crippen molar-refractivity contribution in [3.8, 4) is 5.75 Å². The summed E-state index contributed by atoms with van der Waals surface area (Å²) in [5.74, 6) is 1.63. The number of anilines is 1. The summed E-state index contributed by atoms with van der Waals surface area (Å²) in [5.41, 5.74) is 8.04. The number of nitrogens with one attached hydrogen (secondary N) is 1. The van der Waals surface area contributed by atoms with Gasteiger partial charge in [-0.15, -0.1) is 0 Å². The van der Waals surface area contributed by atoms with Crippen molar-refractivity contribution in [1.82, 2.24) is 15.2 Å². The number of rotatable bonds is 6. The number of carbonyl (C=O) groups is 1. The van der Waals surface area contributed by atoms with Gasteiger partial charge < -0.3 is 15.8 Å². The topological polar surface area (TPSA) is 80.5 Å². The number of benzene rings is 1. The molecule has 0 radical (unpaired) electrons. The molecule has 2 heterocycles. The van der Waals surface area contributed by atoms with Crippen LogP contribution in [0.4, 0.5) is 5.82 Å². The van der Waals surface area contributed by atoms with Crippen molar-refractivity contribution in [1.29, 1.82) is 0 Å². The summed E-state index contributed by atoms with van der Waals surface area (Å²) in [5, 5.41) is 3.05. The number of nitrogens with two attached hydrogens (primary N) is 1. The average molecular weight is 354 g/mol. The normalized spacial score (nSPS) is 15.6. The summed E-state index contributed by atoms with van der Waals surface area (Å²) in [6.45, 7) is 3.14. The molecule has 1 aromatic heterocycles. The van der Waals surface area contributed by atoms with Crippen molar-refractivity contribution in [2.45, 2.75) is 25.9 Å². The highest BCUT2D eigenvalue weighted by molar-refractivity contribution is 5.78. The zero-order valence-electron chi connectivity index (χ0n) is 15.1. The van der Waals surface area contributed by atoms with Gasteiger partial charge in [0.05, 0.1) is 7.11 Å². The van der Waals surface area contributed by atoms with Crippen molar-refractivity contribution in [2.75, 3.05) is 25.9 Å². The number of hydrogen-bond acceptors (Lipinski definition) is 5. The van der Waals surface area contributed by atoms with Crippen LogP contribution in [0, 0.1) is 5.92 Å². The third kappa shape index (κ3) is 4.73. The van der Waals surface area contributed by atoms with E-state index in [1.807, 2.05) is 36.4 Å². The molecule has 0 unspecified atom stereocenters. The van der Waals surface area contributed by atoms with Gasteiger partial charge >= 0.3 is 0 Å². The van der Waals surface area contributed by atoms with E-state index < -0.39 is 0 Å². The van der Waals surface area contributed by atoms with E-state index in [2.05, 4.69) is 15.2 Å². The Morgan fingerprint density at radius 3 is 2.65 bits per heavy atom. The van der Waals surface area contributed by atoms with Crippen LogP contribution in [0.1, 0.15) is 24.0 Å². The van der Waals surface area contributed by atoms with Gasteiger partial charge in [0.15, 0.2) is 0 Å². The number of hydrogen-bond donors (Lipinski definition) is 2. The Bertz CT molecular complexity index is 725. The highest BCUT2D eigenvalue weighted by Crippen LogP contribution is 2.21. The Morgan fingerprint density at radius 1 is 1.27 bits per heavy atom. The number of pyridine rings is 1. The third-order valence-corrected chi connectivity index (χ3v) is 4.90. The van der Waals surface area contributed by atoms with E-state index >= 15 is 0 Å². The second kappa shape index (κ2) is 8.67. The first kappa shape index (κ1) is 18.2. The third-order valence-electron chi connectivity index (χ3n) is 4.90. The highest BCUT2D eigenvalue weighted by Gasteiger charge is 2.25. The molecule has 1 amide bonds. The van der Waals surface area contributed by atoms with Gasteiger partial charge in [0.2, 0.25) is 5.91 Å². The van der Waals surface area contributed by atoms with Gasteiger partial charge in [-0.05, 0) is 49.7 Å². The first-order valence-electron chi connectivity index (χ1n) is 8.98. The van der Waals surface area contributed by atoms with Crippen molar-refractivity contribution >= 4 is 11.7 Å². The molecule has 6 heteroatoms. The van der Waals surface area contributed by atoms with Crippen molar-refractivity contribution in [3.63, 3.8) is 0 Å². The summed E-state index contributed by atoms with van der Waals surface area (Å²) in [7, 11) is 1.64. The first-order valence-corrected chi connectivity index (χ1v) is 8.98. The Morgan fingerprint density at radius 2 is 2.00 bits per heavy atom. The number of carbonyl (C=O) groups excluding carboxylic acids is 1. The van der Waals surface area contributed by atoms with Crippen LogP contribution in [0.3, 0.4) is 0 Å². The SMILES string of the molecule is COc1ccc(CNC(=O)C2CCN(Cc3cccnc3N)CC2)cc1. The predicted molar refractivity (Wildman–Crippen MR) is 101 cm³/mol. The van der Waals surface area contributed by atoms with E-state index in [1.165, 1.54) is 0 Å². The lowest BCUT2D eigenvalue weighted by atomic mass is 9.95. The smallest absolute Gasteiger partial charge is 0.223 e. The fourth-order valence-electron chi connectivity index (χ4n) is 3.26. The lowest BCUT2D eigenvalue weighted by Crippen LogP contribution is -2.40. The lowest BCUT2D eigenvalue weighted by Gasteiger charge is -2.31. The largest absolute Gasteiger partial charge is 0.497 e. The standard InChI is InChI=1S/C20H26N4O2/c1-26-18-6-4-15(5-7-18)13-23-20(25)16-8-11-24(12-9-16)14-17-3-2-10-22-19(17)21/h2-7,10,16H,8-9,11-14H2,1H3,(H2,21,22)(H,23,25). The van der Waals surface area contributed by atoms with E-state index in [4.69, 9.17) is 10.5 Å². The maximum Gasteiger partial charge on any atom is 0.223 e. The molecule has 1 aliphatic rings. The van der Waals surface area contributed by atoms with Crippen LogP contribution in [0.25, 0.3) is 0 Å². The summed E-state index contributed by atoms with van der Waals surface area (Å²) in [6.07, 6.45) is 3.45. The van der Waals surface area contributed by atoms with Crippen LogP contribution in [-0.2, 0) is 17.9 Å². The van der Waals surface area contributed by atoms with Crippen LogP contribution in [0.2, 0.25) is 0 Å². The van der Waals surface area contributed by atoms with E-state index in [0.29, 0.717) is 12.4 Å². The lowest BCUT2D eigenvalue weighted by molar-refractivity contribution is -0.126. The maximum atomic E-state index is 12.4. The summed E-state index contributed by atoms with van der Waals surface area (Å²) in [6, 6.07) is 11.7. The van der Waals surface area contributed by atoms with Crippen molar-refractivity contribution < 1.29 is 9.53 Å². The van der Waals surface area contributed by atoms with Gasteiger partial charge in [-0.1, -0.05) is 18.2 Å². The number of likely N-dealkylation sites (tertiary alicyclic amines) is 1. The molecule has 1 aromatic carbocycles. The zero-order chi connectivity index (χ0) is 18.4. The molecular formula is C20H26N4O2. The Hall–Kier alpha value is -2.60. The van der Waals surface area contributed by atoms with Crippen molar-refractivity contribution in [2.24, 2.45) is 5.92 Å². The summed E-state index contributed by atoms with van der Waals surface area (Å²) < 4.78 is 5.15. The number of amides is 1. The minimum Gasteiger partial charge on any atom is -0.497 e. The second-order valence-corrected chi connectivity index (χ2v) is 6.66. The fraction of sp³-hybridized carbons (Fsp3) is 0.400. The molecule has 3 N–H and O–H groups in total. The number of piperidine rings is 1. The molecule has 26 heavy (non-hydrogen) atoms. The van der Waals surface area contributed by atoms with E-state index in [1.54, 1.807) is 13.3 Å². The Kier molecular flexibility index (Phi) is 6.07. The molecular weight excluding hydrogens is 328 g/mol. The summed E-state index contributed by atoms with van der Waals surface area (Å²) in [4.78, 5) is 18.9. The number of nitrogens with zero attached hydrogens (tertiary/aromatic N) is 2. The maximum absolute atomic E-state index is 12.4. The quantitative estimate of drug-likeness (QED) is 0.831. The Labute approximate surface area is 154 Å². The van der Waals surface area contributed by atoms with Gasteiger partial charge in [0.25, 0.3) is 0 Å². The van der Waals surface area contributed by atoms with Crippen LogP contribution in [0.5, 0.6) is 5.75 Å². The van der Waals surface area contributed by atoms with Gasteiger partial charge in [-0.3, -0.25) is 9.69 Å². The predicted octanol–water partition coefficient (Wildman–Crippen LogP) is 2.20. The number of aromatic nitrogens is 1. The van der Waals surface area contributed by atoms with E-state index in [9.17, 15) is 4.79 Å². The first-order chi connectivity index (χ1) is 12.7. The molecule has 0 spiro atoms. The van der Waals surface area contributed by atoms with Gasteiger partial charge in [0, 0.05) is 30.8 Å². The number of ether oxygens (including phenoxy) is 1. The zero-order valence-corrected chi connectivity index (χ0v) is 15.1.